The molecule has 2 aromatic carbocycles. The van der Waals surface area contributed by atoms with Crippen LogP contribution in [0.2, 0.25) is 5.02 Å². The largest absolute Gasteiger partial charge is 0.478 e. The van der Waals surface area contributed by atoms with Crippen molar-refractivity contribution in [2.75, 3.05) is 11.1 Å². The molecule has 0 heterocycles. The fourth-order valence-corrected chi connectivity index (χ4v) is 2.31. The van der Waals surface area contributed by atoms with Crippen molar-refractivity contribution in [3.8, 4) is 0 Å². The first-order valence-electron chi connectivity index (χ1n) is 6.13. The number of carboxylic acids is 1. The molecule has 0 aliphatic rings. The Hall–Kier alpha value is -2.20. The third-order valence-corrected chi connectivity index (χ3v) is 3.42. The zero-order valence-corrected chi connectivity index (χ0v) is 11.7. The van der Waals surface area contributed by atoms with Gasteiger partial charge in [-0.1, -0.05) is 35.9 Å². The highest BCUT2D eigenvalue weighted by Gasteiger charge is 2.14. The van der Waals surface area contributed by atoms with Gasteiger partial charge in [-0.3, -0.25) is 0 Å². The Balaban J connectivity index is 2.29. The van der Waals surface area contributed by atoms with Crippen molar-refractivity contribution in [1.82, 2.24) is 0 Å². The summed E-state index contributed by atoms with van der Waals surface area (Å²) in [6.45, 7) is 1.94. The van der Waals surface area contributed by atoms with Crippen molar-refractivity contribution >= 4 is 28.9 Å². The monoisotopic (exact) mass is 290 g/mol. The summed E-state index contributed by atoms with van der Waals surface area (Å²) in [4.78, 5) is 11.1. The van der Waals surface area contributed by atoms with Crippen LogP contribution in [0.5, 0.6) is 0 Å². The summed E-state index contributed by atoms with van der Waals surface area (Å²) in [7, 11) is 0. The number of hydrogen-bond donors (Lipinski definition) is 3. The van der Waals surface area contributed by atoms with Gasteiger partial charge in [0.05, 0.1) is 23.0 Å². The number of rotatable bonds is 4. The summed E-state index contributed by atoms with van der Waals surface area (Å²) in [5.74, 6) is -1.04. The lowest BCUT2D eigenvalue weighted by Gasteiger charge is -2.19. The molecule has 0 saturated heterocycles. The molecule has 0 fully saturated rings. The van der Waals surface area contributed by atoms with Crippen molar-refractivity contribution in [3.05, 3.63) is 58.6 Å². The molecule has 1 atom stereocenters. The Morgan fingerprint density at radius 3 is 2.60 bits per heavy atom. The highest BCUT2D eigenvalue weighted by atomic mass is 35.5. The maximum absolute atomic E-state index is 11.1. The van der Waals surface area contributed by atoms with Crippen LogP contribution in [0.1, 0.15) is 28.9 Å². The smallest absolute Gasteiger partial charge is 0.337 e. The number of halogens is 1. The Bertz CT molecular complexity index is 644. The molecule has 104 valence electrons. The van der Waals surface area contributed by atoms with Crippen LogP contribution in [-0.4, -0.2) is 11.1 Å². The second kappa shape index (κ2) is 5.84. The van der Waals surface area contributed by atoms with Crippen LogP contribution in [-0.2, 0) is 0 Å². The molecule has 4 nitrogen and oxygen atoms in total. The van der Waals surface area contributed by atoms with Crippen LogP contribution in [0.4, 0.5) is 11.4 Å². The average Bonchev–Trinajstić information content (AvgIpc) is 2.41. The van der Waals surface area contributed by atoms with Gasteiger partial charge >= 0.3 is 5.97 Å². The molecule has 0 aliphatic heterocycles. The average molecular weight is 291 g/mol. The minimum atomic E-state index is -1.04. The molecule has 4 N–H and O–H groups in total. The normalized spacial score (nSPS) is 11.9. The number of nitrogen functional groups attached to an aromatic ring is 1. The molecule has 2 rings (SSSR count). The van der Waals surface area contributed by atoms with Gasteiger partial charge in [0.1, 0.15) is 0 Å². The van der Waals surface area contributed by atoms with Crippen molar-refractivity contribution < 1.29 is 9.90 Å². The predicted octanol–water partition coefficient (Wildman–Crippen LogP) is 3.79. The first-order chi connectivity index (χ1) is 9.50. The fraction of sp³-hybridized carbons (Fsp3) is 0.133. The van der Waals surface area contributed by atoms with Gasteiger partial charge < -0.3 is 16.2 Å². The van der Waals surface area contributed by atoms with Gasteiger partial charge in [0.15, 0.2) is 0 Å². The first-order valence-corrected chi connectivity index (χ1v) is 6.51. The second-order valence-corrected chi connectivity index (χ2v) is 4.87. The number of aromatic carboxylic acids is 1. The molecule has 0 saturated carbocycles. The van der Waals surface area contributed by atoms with E-state index in [9.17, 15) is 4.79 Å². The lowest BCUT2D eigenvalue weighted by molar-refractivity contribution is 0.0698. The fourth-order valence-electron chi connectivity index (χ4n) is 2.01. The number of benzene rings is 2. The van der Waals surface area contributed by atoms with Crippen molar-refractivity contribution in [2.45, 2.75) is 13.0 Å². The van der Waals surface area contributed by atoms with Gasteiger partial charge in [0.25, 0.3) is 0 Å². The van der Waals surface area contributed by atoms with Crippen molar-refractivity contribution in [3.63, 3.8) is 0 Å². The molecule has 0 spiro atoms. The number of anilines is 2. The van der Waals surface area contributed by atoms with E-state index >= 15 is 0 Å². The number of nitrogens with one attached hydrogen (secondary N) is 1. The van der Waals surface area contributed by atoms with Crippen LogP contribution < -0.4 is 11.1 Å². The van der Waals surface area contributed by atoms with Gasteiger partial charge in [-0.15, -0.1) is 0 Å². The highest BCUT2D eigenvalue weighted by Crippen LogP contribution is 2.29. The van der Waals surface area contributed by atoms with Crippen LogP contribution >= 0.6 is 11.6 Å². The second-order valence-electron chi connectivity index (χ2n) is 4.46. The van der Waals surface area contributed by atoms with Gasteiger partial charge in [0.2, 0.25) is 0 Å². The lowest BCUT2D eigenvalue weighted by Crippen LogP contribution is -2.11. The van der Waals surface area contributed by atoms with Gasteiger partial charge in [0, 0.05) is 5.02 Å². The maximum atomic E-state index is 11.1. The van der Waals surface area contributed by atoms with E-state index in [4.69, 9.17) is 22.4 Å². The molecule has 5 heteroatoms. The van der Waals surface area contributed by atoms with E-state index in [0.717, 1.165) is 5.56 Å². The Kier molecular flexibility index (Phi) is 4.15. The predicted molar refractivity (Wildman–Crippen MR) is 81.3 cm³/mol. The number of carbonyl (C=O) groups is 1. The number of nitrogens with two attached hydrogens (primary N) is 1. The molecule has 0 amide bonds. The standard InChI is InChI=1S/C15H15ClN2O2/c1-9(10-5-2-3-7-12(10)16)18-13-8-4-6-11(14(13)17)15(19)20/h2-9,18H,17H2,1H3,(H,19,20). The molecular weight excluding hydrogens is 276 g/mol. The summed E-state index contributed by atoms with van der Waals surface area (Å²) < 4.78 is 0. The molecule has 2 aromatic rings. The Morgan fingerprint density at radius 1 is 1.25 bits per heavy atom. The van der Waals surface area contributed by atoms with Crippen LogP contribution in [0.25, 0.3) is 0 Å². The van der Waals surface area contributed by atoms with Gasteiger partial charge in [-0.2, -0.15) is 0 Å². The zero-order valence-electron chi connectivity index (χ0n) is 10.9. The van der Waals surface area contributed by atoms with E-state index in [1.165, 1.54) is 6.07 Å². The van der Waals surface area contributed by atoms with Gasteiger partial charge in [-0.05, 0) is 30.7 Å². The SMILES string of the molecule is CC(Nc1cccc(C(=O)O)c1N)c1ccccc1Cl. The third kappa shape index (κ3) is 2.86. The third-order valence-electron chi connectivity index (χ3n) is 3.08. The van der Waals surface area contributed by atoms with E-state index in [0.29, 0.717) is 10.7 Å². The molecule has 1 unspecified atom stereocenters. The molecule has 20 heavy (non-hydrogen) atoms. The van der Waals surface area contributed by atoms with Crippen LogP contribution in [0.15, 0.2) is 42.5 Å². The van der Waals surface area contributed by atoms with E-state index in [2.05, 4.69) is 5.32 Å². The lowest BCUT2D eigenvalue weighted by atomic mass is 10.1. The van der Waals surface area contributed by atoms with Crippen LogP contribution in [0, 0.1) is 0 Å². The zero-order chi connectivity index (χ0) is 14.7. The summed E-state index contributed by atoms with van der Waals surface area (Å²) in [5, 5.41) is 12.9. The highest BCUT2D eigenvalue weighted by molar-refractivity contribution is 6.31. The first kappa shape index (κ1) is 14.2. The van der Waals surface area contributed by atoms with E-state index in [1.54, 1.807) is 12.1 Å². The quantitative estimate of drug-likeness (QED) is 0.749. The number of para-hydroxylation sites is 1. The van der Waals surface area contributed by atoms with Gasteiger partial charge in [-0.25, -0.2) is 4.79 Å². The summed E-state index contributed by atoms with van der Waals surface area (Å²) >= 11 is 6.14. The number of hydrogen-bond acceptors (Lipinski definition) is 3. The summed E-state index contributed by atoms with van der Waals surface area (Å²) in [5.41, 5.74) is 7.68. The van der Waals surface area contributed by atoms with E-state index in [-0.39, 0.29) is 17.3 Å². The minimum absolute atomic E-state index is 0.0846. The van der Waals surface area contributed by atoms with Crippen molar-refractivity contribution in [2.24, 2.45) is 0 Å². The number of carboxylic acid groups (broad SMARTS) is 1. The molecular formula is C15H15ClN2O2. The van der Waals surface area contributed by atoms with Crippen molar-refractivity contribution in [1.29, 1.82) is 0 Å². The molecule has 0 aliphatic carbocycles. The van der Waals surface area contributed by atoms with E-state index in [1.807, 2.05) is 31.2 Å². The maximum Gasteiger partial charge on any atom is 0.337 e. The van der Waals surface area contributed by atoms with E-state index < -0.39 is 5.97 Å². The van der Waals surface area contributed by atoms with Crippen LogP contribution in [0.3, 0.4) is 0 Å². The molecule has 0 aromatic heterocycles. The molecule has 0 radical (unpaired) electrons. The Morgan fingerprint density at radius 2 is 1.95 bits per heavy atom. The summed E-state index contributed by atoms with van der Waals surface area (Å²) in [6, 6.07) is 12.3. The Labute approximate surface area is 122 Å². The molecule has 0 bridgehead atoms. The topological polar surface area (TPSA) is 75.3 Å². The minimum Gasteiger partial charge on any atom is -0.478 e. The summed E-state index contributed by atoms with van der Waals surface area (Å²) in [6.07, 6.45) is 0.